The number of methoxy groups -OCH3 is 1. The van der Waals surface area contributed by atoms with E-state index in [0.717, 1.165) is 17.1 Å². The molecule has 0 radical (unpaired) electrons. The summed E-state index contributed by atoms with van der Waals surface area (Å²) < 4.78 is 5.35. The second-order valence-corrected chi connectivity index (χ2v) is 4.88. The molecule has 0 aliphatic carbocycles. The van der Waals surface area contributed by atoms with Crippen molar-refractivity contribution < 1.29 is 4.74 Å². The molecule has 0 bridgehead atoms. The fourth-order valence-electron chi connectivity index (χ4n) is 1.87. The third-order valence-electron chi connectivity index (χ3n) is 2.68. The van der Waals surface area contributed by atoms with Crippen LogP contribution < -0.4 is 10.1 Å². The van der Waals surface area contributed by atoms with E-state index in [9.17, 15) is 0 Å². The summed E-state index contributed by atoms with van der Waals surface area (Å²) in [6, 6.07) is 12.0. The minimum Gasteiger partial charge on any atom is -0.495 e. The van der Waals surface area contributed by atoms with Gasteiger partial charge in [0.2, 0.25) is 0 Å². The number of fused-ring (bicyclic) bond motifs is 1. The van der Waals surface area contributed by atoms with Gasteiger partial charge in [-0.05, 0) is 24.3 Å². The summed E-state index contributed by atoms with van der Waals surface area (Å²) in [7, 11) is 1.69. The Morgan fingerprint density at radius 1 is 1.24 bits per heavy atom. The molecule has 0 saturated heterocycles. The first-order chi connectivity index (χ1) is 8.38. The summed E-state index contributed by atoms with van der Waals surface area (Å²) in [4.78, 5) is 5.58. The van der Waals surface area contributed by atoms with E-state index in [0.29, 0.717) is 0 Å². The topological polar surface area (TPSA) is 34.1 Å². The lowest BCUT2D eigenvalue weighted by Gasteiger charge is -2.10. The van der Waals surface area contributed by atoms with Gasteiger partial charge in [0.25, 0.3) is 0 Å². The van der Waals surface area contributed by atoms with Crippen molar-refractivity contribution in [2.45, 2.75) is 10.3 Å². The molecule has 3 nitrogen and oxygen atoms in total. The number of para-hydroxylation sites is 1. The van der Waals surface area contributed by atoms with E-state index >= 15 is 0 Å². The van der Waals surface area contributed by atoms with Crippen molar-refractivity contribution >= 4 is 17.4 Å². The Hall–Kier alpha value is -1.68. The van der Waals surface area contributed by atoms with Crippen LogP contribution in [0.25, 0.3) is 0 Å². The lowest BCUT2D eigenvalue weighted by Crippen LogP contribution is -2.03. The third kappa shape index (κ3) is 1.85. The molecular formula is C13H12N2OS. The molecule has 0 fully saturated rings. The maximum Gasteiger partial charge on any atom is 0.143 e. The van der Waals surface area contributed by atoms with Crippen molar-refractivity contribution in [1.82, 2.24) is 4.98 Å². The van der Waals surface area contributed by atoms with E-state index in [1.807, 2.05) is 36.5 Å². The van der Waals surface area contributed by atoms with Crippen molar-refractivity contribution in [2.75, 3.05) is 12.4 Å². The van der Waals surface area contributed by atoms with Gasteiger partial charge in [-0.3, -0.25) is 4.98 Å². The number of nitrogens with zero attached hydrogens (tertiary/aromatic N) is 1. The molecule has 1 aromatic carbocycles. The monoisotopic (exact) mass is 244 g/mol. The first-order valence-electron chi connectivity index (χ1n) is 5.39. The molecule has 3 rings (SSSR count). The van der Waals surface area contributed by atoms with E-state index in [1.54, 1.807) is 18.9 Å². The molecule has 2 aromatic rings. The normalized spacial score (nSPS) is 17.4. The van der Waals surface area contributed by atoms with Crippen molar-refractivity contribution in [3.05, 3.63) is 48.3 Å². The summed E-state index contributed by atoms with van der Waals surface area (Å²) >= 11 is 1.77. The van der Waals surface area contributed by atoms with Crippen LogP contribution in [0.1, 0.15) is 11.1 Å². The maximum atomic E-state index is 5.35. The molecule has 0 saturated carbocycles. The predicted molar refractivity (Wildman–Crippen MR) is 69.5 cm³/mol. The van der Waals surface area contributed by atoms with Gasteiger partial charge in [-0.25, -0.2) is 0 Å². The van der Waals surface area contributed by atoms with Crippen LogP contribution >= 0.6 is 11.8 Å². The quantitative estimate of drug-likeness (QED) is 0.879. The summed E-state index contributed by atoms with van der Waals surface area (Å²) in [5.74, 6) is 0.883. The molecule has 1 aromatic heterocycles. The van der Waals surface area contributed by atoms with Gasteiger partial charge in [-0.15, -0.1) is 0 Å². The number of rotatable bonds is 2. The van der Waals surface area contributed by atoms with Gasteiger partial charge in [0, 0.05) is 11.1 Å². The molecule has 1 unspecified atom stereocenters. The highest BCUT2D eigenvalue weighted by atomic mass is 32.2. The number of nitrogens with one attached hydrogen (secondary N) is 1. The Bertz CT molecular complexity index is 530. The molecule has 86 valence electrons. The van der Waals surface area contributed by atoms with E-state index < -0.39 is 0 Å². The lowest BCUT2D eigenvalue weighted by molar-refractivity contribution is 0.415. The van der Waals surface area contributed by atoms with Crippen LogP contribution in [0.3, 0.4) is 0 Å². The van der Waals surface area contributed by atoms with E-state index in [1.165, 1.54) is 4.90 Å². The van der Waals surface area contributed by atoms with Crippen LogP contribution in [0.15, 0.2) is 47.5 Å². The summed E-state index contributed by atoms with van der Waals surface area (Å²) in [5, 5.41) is 3.61. The second kappa shape index (κ2) is 4.30. The molecule has 0 amide bonds. The van der Waals surface area contributed by atoms with Crippen molar-refractivity contribution in [1.29, 1.82) is 0 Å². The zero-order chi connectivity index (χ0) is 11.7. The summed E-state index contributed by atoms with van der Waals surface area (Å²) in [6.07, 6.45) is 1.82. The molecule has 1 atom stereocenters. The molecule has 0 spiro atoms. The van der Waals surface area contributed by atoms with Crippen LogP contribution in [-0.4, -0.2) is 12.1 Å². The Labute approximate surface area is 104 Å². The van der Waals surface area contributed by atoms with Crippen LogP contribution in [0.2, 0.25) is 0 Å². The SMILES string of the molecule is COc1cccc2c1NC(c1ccccn1)S2. The van der Waals surface area contributed by atoms with Crippen LogP contribution in [0.5, 0.6) is 5.75 Å². The number of benzene rings is 1. The standard InChI is InChI=1S/C13H12N2OS/c1-16-10-6-4-7-11-12(10)15-13(17-11)9-5-2-3-8-14-9/h2-8,13,15H,1H3. The molecule has 1 aliphatic rings. The van der Waals surface area contributed by atoms with Gasteiger partial charge < -0.3 is 10.1 Å². The number of aromatic nitrogens is 1. The highest BCUT2D eigenvalue weighted by molar-refractivity contribution is 8.00. The minimum atomic E-state index is 0.169. The number of thioether (sulfide) groups is 1. The van der Waals surface area contributed by atoms with Gasteiger partial charge in [0.1, 0.15) is 11.1 Å². The highest BCUT2D eigenvalue weighted by Crippen LogP contribution is 2.49. The van der Waals surface area contributed by atoms with E-state index in [-0.39, 0.29) is 5.37 Å². The Morgan fingerprint density at radius 2 is 2.18 bits per heavy atom. The van der Waals surface area contributed by atoms with Crippen LogP contribution in [0, 0.1) is 0 Å². The molecular weight excluding hydrogens is 232 g/mol. The molecule has 4 heteroatoms. The van der Waals surface area contributed by atoms with Gasteiger partial charge in [-0.2, -0.15) is 0 Å². The number of hydrogen-bond donors (Lipinski definition) is 1. The highest BCUT2D eigenvalue weighted by Gasteiger charge is 2.25. The zero-order valence-corrected chi connectivity index (χ0v) is 10.2. The fourth-order valence-corrected chi connectivity index (χ4v) is 3.00. The van der Waals surface area contributed by atoms with Crippen molar-refractivity contribution in [2.24, 2.45) is 0 Å². The average molecular weight is 244 g/mol. The lowest BCUT2D eigenvalue weighted by atomic mass is 10.3. The fraction of sp³-hybridized carbons (Fsp3) is 0.154. The van der Waals surface area contributed by atoms with Gasteiger partial charge in [-0.1, -0.05) is 23.9 Å². The first kappa shape index (κ1) is 10.5. The summed E-state index contributed by atoms with van der Waals surface area (Å²) in [6.45, 7) is 0. The Morgan fingerprint density at radius 3 is 2.94 bits per heavy atom. The number of pyridine rings is 1. The average Bonchev–Trinajstić information content (AvgIpc) is 2.83. The van der Waals surface area contributed by atoms with E-state index in [2.05, 4.69) is 16.4 Å². The number of anilines is 1. The molecule has 1 aliphatic heterocycles. The van der Waals surface area contributed by atoms with Gasteiger partial charge >= 0.3 is 0 Å². The summed E-state index contributed by atoms with van der Waals surface area (Å²) in [5.41, 5.74) is 2.10. The zero-order valence-electron chi connectivity index (χ0n) is 9.38. The molecule has 2 heterocycles. The third-order valence-corrected chi connectivity index (χ3v) is 3.87. The van der Waals surface area contributed by atoms with Crippen LogP contribution in [0.4, 0.5) is 5.69 Å². The minimum absolute atomic E-state index is 0.169. The maximum absolute atomic E-state index is 5.35. The van der Waals surface area contributed by atoms with Crippen LogP contribution in [-0.2, 0) is 0 Å². The Balaban J connectivity index is 1.93. The second-order valence-electron chi connectivity index (χ2n) is 3.73. The number of ether oxygens (including phenoxy) is 1. The number of hydrogen-bond acceptors (Lipinski definition) is 4. The molecule has 1 N–H and O–H groups in total. The Kier molecular flexibility index (Phi) is 2.65. The van der Waals surface area contributed by atoms with E-state index in [4.69, 9.17) is 4.74 Å². The smallest absolute Gasteiger partial charge is 0.143 e. The largest absolute Gasteiger partial charge is 0.495 e. The van der Waals surface area contributed by atoms with Crippen molar-refractivity contribution in [3.63, 3.8) is 0 Å². The van der Waals surface area contributed by atoms with Gasteiger partial charge in [0.15, 0.2) is 0 Å². The molecule has 17 heavy (non-hydrogen) atoms. The first-order valence-corrected chi connectivity index (χ1v) is 6.27. The van der Waals surface area contributed by atoms with Crippen molar-refractivity contribution in [3.8, 4) is 5.75 Å². The predicted octanol–water partition coefficient (Wildman–Crippen LogP) is 3.31. The van der Waals surface area contributed by atoms with Gasteiger partial charge in [0.05, 0.1) is 18.5 Å².